The predicted octanol–water partition coefficient (Wildman–Crippen LogP) is 3.24. The second-order valence-corrected chi connectivity index (χ2v) is 8.44. The third kappa shape index (κ3) is 5.11. The number of benzene rings is 1. The molecule has 8 heteroatoms. The SMILES string of the molecule is O=C1CCc2cc(OCCCC(=O)N3CCN(c4ccc(Br)cn4)CC3)ccc2N1. The number of aromatic nitrogens is 1. The number of rotatable bonds is 6. The molecule has 0 unspecified atom stereocenters. The van der Waals surface area contributed by atoms with Gasteiger partial charge >= 0.3 is 0 Å². The first-order valence-electron chi connectivity index (χ1n) is 10.3. The van der Waals surface area contributed by atoms with Crippen molar-refractivity contribution in [3.05, 3.63) is 46.6 Å². The van der Waals surface area contributed by atoms with Crippen molar-refractivity contribution >= 4 is 39.2 Å². The van der Waals surface area contributed by atoms with Crippen LogP contribution in [0.25, 0.3) is 0 Å². The summed E-state index contributed by atoms with van der Waals surface area (Å²) in [5.41, 5.74) is 1.97. The quantitative estimate of drug-likeness (QED) is 0.653. The van der Waals surface area contributed by atoms with E-state index in [9.17, 15) is 9.59 Å². The number of hydrogen-bond donors (Lipinski definition) is 1. The largest absolute Gasteiger partial charge is 0.494 e. The number of piperazine rings is 1. The van der Waals surface area contributed by atoms with E-state index in [1.807, 2.05) is 35.2 Å². The van der Waals surface area contributed by atoms with Crippen LogP contribution in [-0.4, -0.2) is 54.5 Å². The summed E-state index contributed by atoms with van der Waals surface area (Å²) < 4.78 is 6.78. The zero-order chi connectivity index (χ0) is 20.9. The Bertz CT molecular complexity index is 911. The Labute approximate surface area is 184 Å². The summed E-state index contributed by atoms with van der Waals surface area (Å²) in [5.74, 6) is 1.97. The summed E-state index contributed by atoms with van der Waals surface area (Å²) in [6.07, 6.45) is 4.21. The van der Waals surface area contributed by atoms with Gasteiger partial charge < -0.3 is 19.9 Å². The molecule has 1 N–H and O–H groups in total. The van der Waals surface area contributed by atoms with Crippen LogP contribution in [0.1, 0.15) is 24.8 Å². The van der Waals surface area contributed by atoms with Crippen LogP contribution in [0.2, 0.25) is 0 Å². The first-order chi connectivity index (χ1) is 14.6. The van der Waals surface area contributed by atoms with Gasteiger partial charge in [-0.1, -0.05) is 0 Å². The van der Waals surface area contributed by atoms with Crippen LogP contribution in [0.5, 0.6) is 5.75 Å². The Balaban J connectivity index is 1.18. The Morgan fingerprint density at radius 2 is 1.97 bits per heavy atom. The summed E-state index contributed by atoms with van der Waals surface area (Å²) in [7, 11) is 0. The average molecular weight is 473 g/mol. The first-order valence-corrected chi connectivity index (χ1v) is 11.1. The van der Waals surface area contributed by atoms with Crippen LogP contribution in [0.3, 0.4) is 0 Å². The number of aryl methyl sites for hydroxylation is 1. The number of anilines is 2. The molecule has 3 heterocycles. The van der Waals surface area contributed by atoms with Crippen molar-refractivity contribution < 1.29 is 14.3 Å². The average Bonchev–Trinajstić information content (AvgIpc) is 2.77. The molecule has 2 aliphatic heterocycles. The van der Waals surface area contributed by atoms with Crippen molar-refractivity contribution in [3.8, 4) is 5.75 Å². The number of nitrogens with one attached hydrogen (secondary N) is 1. The highest BCUT2D eigenvalue weighted by atomic mass is 79.9. The number of halogens is 1. The molecular weight excluding hydrogens is 448 g/mol. The first kappa shape index (κ1) is 20.7. The third-order valence-corrected chi connectivity index (χ3v) is 5.91. The molecule has 0 spiro atoms. The molecule has 0 bridgehead atoms. The van der Waals surface area contributed by atoms with E-state index >= 15 is 0 Å². The fourth-order valence-electron chi connectivity index (χ4n) is 3.76. The van der Waals surface area contributed by atoms with Gasteiger partial charge in [-0.25, -0.2) is 4.98 Å². The van der Waals surface area contributed by atoms with Gasteiger partial charge in [0, 0.05) is 55.4 Å². The van der Waals surface area contributed by atoms with Gasteiger partial charge in [0.05, 0.1) is 6.61 Å². The van der Waals surface area contributed by atoms with E-state index in [4.69, 9.17) is 4.74 Å². The van der Waals surface area contributed by atoms with Gasteiger partial charge in [0.15, 0.2) is 0 Å². The summed E-state index contributed by atoms with van der Waals surface area (Å²) in [6.45, 7) is 3.52. The minimum Gasteiger partial charge on any atom is -0.494 e. The number of carbonyl (C=O) groups excluding carboxylic acids is 2. The number of ether oxygens (including phenoxy) is 1. The summed E-state index contributed by atoms with van der Waals surface area (Å²) >= 11 is 3.40. The standard InChI is InChI=1S/C22H25BrN4O3/c23-17-4-7-20(24-15-17)26-9-11-27(12-10-26)22(29)2-1-13-30-18-5-6-19-16(14-18)3-8-21(28)25-19/h4-7,14-15H,1-3,8-13H2,(H,25,28). The zero-order valence-electron chi connectivity index (χ0n) is 16.8. The molecule has 0 saturated carbocycles. The second-order valence-electron chi connectivity index (χ2n) is 7.52. The van der Waals surface area contributed by atoms with Gasteiger partial charge in [0.1, 0.15) is 11.6 Å². The van der Waals surface area contributed by atoms with Gasteiger partial charge in [0.25, 0.3) is 0 Å². The lowest BCUT2D eigenvalue weighted by atomic mass is 10.0. The van der Waals surface area contributed by atoms with Crippen LogP contribution in [0.4, 0.5) is 11.5 Å². The molecule has 0 radical (unpaired) electrons. The predicted molar refractivity (Wildman–Crippen MR) is 119 cm³/mol. The van der Waals surface area contributed by atoms with Gasteiger partial charge in [-0.2, -0.15) is 0 Å². The van der Waals surface area contributed by atoms with E-state index < -0.39 is 0 Å². The number of hydrogen-bond acceptors (Lipinski definition) is 5. The van der Waals surface area contributed by atoms with E-state index in [1.165, 1.54) is 0 Å². The lowest BCUT2D eigenvalue weighted by Crippen LogP contribution is -2.49. The molecule has 4 rings (SSSR count). The van der Waals surface area contributed by atoms with Crippen LogP contribution in [0, 0.1) is 0 Å². The molecule has 7 nitrogen and oxygen atoms in total. The Kier molecular flexibility index (Phi) is 6.52. The monoisotopic (exact) mass is 472 g/mol. The minimum atomic E-state index is 0.0589. The van der Waals surface area contributed by atoms with E-state index in [0.29, 0.717) is 39.0 Å². The van der Waals surface area contributed by atoms with E-state index in [2.05, 4.69) is 31.1 Å². The van der Waals surface area contributed by atoms with Gasteiger partial charge in [0.2, 0.25) is 11.8 Å². The summed E-state index contributed by atoms with van der Waals surface area (Å²) in [6, 6.07) is 9.70. The Hall–Kier alpha value is -2.61. The van der Waals surface area contributed by atoms with Crippen molar-refractivity contribution in [3.63, 3.8) is 0 Å². The fourth-order valence-corrected chi connectivity index (χ4v) is 4.00. The maximum Gasteiger partial charge on any atom is 0.224 e. The number of nitrogens with zero attached hydrogens (tertiary/aromatic N) is 3. The van der Waals surface area contributed by atoms with Crippen molar-refractivity contribution in [2.75, 3.05) is 43.0 Å². The maximum absolute atomic E-state index is 12.5. The van der Waals surface area contributed by atoms with E-state index in [1.54, 1.807) is 6.20 Å². The highest BCUT2D eigenvalue weighted by Gasteiger charge is 2.21. The van der Waals surface area contributed by atoms with Crippen LogP contribution in [-0.2, 0) is 16.0 Å². The fraction of sp³-hybridized carbons (Fsp3) is 0.409. The van der Waals surface area contributed by atoms with Crippen molar-refractivity contribution in [2.24, 2.45) is 0 Å². The summed E-state index contributed by atoms with van der Waals surface area (Å²) in [5, 5.41) is 2.87. The highest BCUT2D eigenvalue weighted by Crippen LogP contribution is 2.27. The molecule has 0 aliphatic carbocycles. The Morgan fingerprint density at radius 3 is 2.73 bits per heavy atom. The lowest BCUT2D eigenvalue weighted by molar-refractivity contribution is -0.131. The van der Waals surface area contributed by atoms with Crippen molar-refractivity contribution in [1.29, 1.82) is 0 Å². The smallest absolute Gasteiger partial charge is 0.224 e. The molecule has 2 amide bonds. The van der Waals surface area contributed by atoms with E-state index in [-0.39, 0.29) is 11.8 Å². The van der Waals surface area contributed by atoms with Crippen LogP contribution in [0.15, 0.2) is 41.0 Å². The number of fused-ring (bicyclic) bond motifs is 1. The minimum absolute atomic E-state index is 0.0589. The molecule has 2 aromatic rings. The number of amides is 2. The molecule has 2 aliphatic rings. The molecule has 158 valence electrons. The number of pyridine rings is 1. The number of carbonyl (C=O) groups is 2. The third-order valence-electron chi connectivity index (χ3n) is 5.44. The summed E-state index contributed by atoms with van der Waals surface area (Å²) in [4.78, 5) is 32.5. The molecule has 30 heavy (non-hydrogen) atoms. The highest BCUT2D eigenvalue weighted by molar-refractivity contribution is 9.10. The van der Waals surface area contributed by atoms with Crippen molar-refractivity contribution in [2.45, 2.75) is 25.7 Å². The van der Waals surface area contributed by atoms with E-state index in [0.717, 1.165) is 46.8 Å². The van der Waals surface area contributed by atoms with Crippen LogP contribution < -0.4 is 15.0 Å². The van der Waals surface area contributed by atoms with Crippen molar-refractivity contribution in [1.82, 2.24) is 9.88 Å². The maximum atomic E-state index is 12.5. The normalized spacial score (nSPS) is 16.1. The molecule has 1 saturated heterocycles. The second kappa shape index (κ2) is 9.47. The lowest BCUT2D eigenvalue weighted by Gasteiger charge is -2.35. The Morgan fingerprint density at radius 1 is 1.13 bits per heavy atom. The molecule has 0 atom stereocenters. The molecule has 1 aromatic carbocycles. The molecule has 1 fully saturated rings. The molecular formula is C22H25BrN4O3. The topological polar surface area (TPSA) is 74.8 Å². The van der Waals surface area contributed by atoms with Gasteiger partial charge in [-0.15, -0.1) is 0 Å². The van der Waals surface area contributed by atoms with Gasteiger partial charge in [-0.3, -0.25) is 9.59 Å². The van der Waals surface area contributed by atoms with Gasteiger partial charge in [-0.05, 0) is 64.7 Å². The zero-order valence-corrected chi connectivity index (χ0v) is 18.4. The van der Waals surface area contributed by atoms with Crippen LogP contribution >= 0.6 is 15.9 Å². The molecule has 1 aromatic heterocycles.